The first-order valence-electron chi connectivity index (χ1n) is 7.80. The summed E-state index contributed by atoms with van der Waals surface area (Å²) in [6.45, 7) is 4.40. The Kier molecular flexibility index (Phi) is 6.48. The zero-order chi connectivity index (χ0) is 16.7. The van der Waals surface area contributed by atoms with Crippen molar-refractivity contribution in [3.63, 3.8) is 0 Å². The first kappa shape index (κ1) is 17.4. The van der Waals surface area contributed by atoms with Gasteiger partial charge in [0.15, 0.2) is 6.10 Å². The van der Waals surface area contributed by atoms with Gasteiger partial charge in [0.2, 0.25) is 0 Å². The first-order valence-corrected chi connectivity index (χ1v) is 8.18. The van der Waals surface area contributed by atoms with Crippen LogP contribution >= 0.6 is 11.6 Å². The number of carbonyl (C=O) groups excluding carboxylic acids is 1. The van der Waals surface area contributed by atoms with Gasteiger partial charge in [-0.2, -0.15) is 0 Å². The minimum Gasteiger partial charge on any atom is -0.481 e. The minimum atomic E-state index is -0.506. The van der Waals surface area contributed by atoms with Crippen molar-refractivity contribution in [3.05, 3.63) is 64.7 Å². The summed E-state index contributed by atoms with van der Waals surface area (Å²) < 4.78 is 5.63. The number of aryl methyl sites for hydroxylation is 2. The van der Waals surface area contributed by atoms with Gasteiger partial charge in [0.05, 0.1) is 0 Å². The molecule has 0 unspecified atom stereocenters. The van der Waals surface area contributed by atoms with E-state index in [1.807, 2.05) is 55.5 Å². The molecular weight excluding hydrogens is 310 g/mol. The fourth-order valence-corrected chi connectivity index (χ4v) is 2.30. The second-order valence-electron chi connectivity index (χ2n) is 5.59. The lowest BCUT2D eigenvalue weighted by molar-refractivity contribution is -0.127. The third-order valence-corrected chi connectivity index (χ3v) is 3.81. The summed E-state index contributed by atoms with van der Waals surface area (Å²) in [5, 5.41) is 3.65. The van der Waals surface area contributed by atoms with Gasteiger partial charge in [0, 0.05) is 11.6 Å². The molecule has 0 saturated heterocycles. The van der Waals surface area contributed by atoms with E-state index in [0.29, 0.717) is 12.3 Å². The van der Waals surface area contributed by atoms with Gasteiger partial charge in [-0.15, -0.1) is 0 Å². The molecule has 2 aromatic rings. The molecule has 0 radical (unpaired) electrons. The lowest BCUT2D eigenvalue weighted by Gasteiger charge is -2.14. The van der Waals surface area contributed by atoms with Gasteiger partial charge < -0.3 is 10.1 Å². The van der Waals surface area contributed by atoms with Gasteiger partial charge in [-0.1, -0.05) is 41.4 Å². The molecule has 1 atom stereocenters. The summed E-state index contributed by atoms with van der Waals surface area (Å²) in [5.41, 5.74) is 2.38. The highest BCUT2D eigenvalue weighted by Gasteiger charge is 2.13. The second kappa shape index (κ2) is 8.59. The molecule has 1 N–H and O–H groups in total. The van der Waals surface area contributed by atoms with E-state index >= 15 is 0 Å². The fourth-order valence-electron chi connectivity index (χ4n) is 2.17. The Morgan fingerprint density at radius 2 is 1.78 bits per heavy atom. The molecule has 23 heavy (non-hydrogen) atoms. The van der Waals surface area contributed by atoms with Gasteiger partial charge in [0.25, 0.3) is 5.91 Å². The summed E-state index contributed by atoms with van der Waals surface area (Å²) in [6.07, 6.45) is 1.28. The predicted molar refractivity (Wildman–Crippen MR) is 94.1 cm³/mol. The van der Waals surface area contributed by atoms with Crippen molar-refractivity contribution in [3.8, 4) is 5.75 Å². The zero-order valence-electron chi connectivity index (χ0n) is 13.5. The predicted octanol–water partition coefficient (Wildman–Crippen LogP) is 4.16. The Morgan fingerprint density at radius 3 is 2.43 bits per heavy atom. The van der Waals surface area contributed by atoms with Crippen LogP contribution in [0.5, 0.6) is 5.75 Å². The molecule has 0 spiro atoms. The normalized spacial score (nSPS) is 11.8. The molecule has 4 heteroatoms. The Bertz CT molecular complexity index is 623. The van der Waals surface area contributed by atoms with Crippen LogP contribution in [0.1, 0.15) is 24.5 Å². The molecule has 0 aliphatic rings. The summed E-state index contributed by atoms with van der Waals surface area (Å²) in [7, 11) is 0. The average molecular weight is 332 g/mol. The summed E-state index contributed by atoms with van der Waals surface area (Å²) >= 11 is 5.85. The van der Waals surface area contributed by atoms with E-state index in [0.717, 1.165) is 23.4 Å². The standard InChI is InChI=1S/C19H22ClNO2/c1-14-5-11-18(12-6-14)23-15(2)19(22)21-13-3-4-16-7-9-17(20)10-8-16/h5-12,15H,3-4,13H2,1-2H3,(H,21,22)/t15-/m0/s1. The molecule has 1 amide bonds. The van der Waals surface area contributed by atoms with Crippen LogP contribution in [0.4, 0.5) is 0 Å². The second-order valence-corrected chi connectivity index (χ2v) is 6.03. The maximum absolute atomic E-state index is 12.0. The number of hydrogen-bond acceptors (Lipinski definition) is 2. The van der Waals surface area contributed by atoms with Crippen LogP contribution in [-0.2, 0) is 11.2 Å². The average Bonchev–Trinajstić information content (AvgIpc) is 2.55. The van der Waals surface area contributed by atoms with Gasteiger partial charge in [-0.25, -0.2) is 0 Å². The Balaban J connectivity index is 1.69. The van der Waals surface area contributed by atoms with Crippen molar-refractivity contribution in [1.29, 1.82) is 0 Å². The van der Waals surface area contributed by atoms with Gasteiger partial charge in [-0.3, -0.25) is 4.79 Å². The third kappa shape index (κ3) is 5.95. The number of halogens is 1. The summed E-state index contributed by atoms with van der Waals surface area (Å²) in [4.78, 5) is 12.0. The minimum absolute atomic E-state index is 0.0957. The fraction of sp³-hybridized carbons (Fsp3) is 0.316. The number of nitrogens with one attached hydrogen (secondary N) is 1. The van der Waals surface area contributed by atoms with Crippen LogP contribution in [-0.4, -0.2) is 18.6 Å². The largest absolute Gasteiger partial charge is 0.481 e. The molecule has 0 heterocycles. The van der Waals surface area contributed by atoms with Crippen molar-refractivity contribution >= 4 is 17.5 Å². The van der Waals surface area contributed by atoms with Crippen LogP contribution in [0.15, 0.2) is 48.5 Å². The van der Waals surface area contributed by atoms with Crippen molar-refractivity contribution in [2.24, 2.45) is 0 Å². The maximum Gasteiger partial charge on any atom is 0.260 e. The quantitative estimate of drug-likeness (QED) is 0.773. The summed E-state index contributed by atoms with van der Waals surface area (Å²) in [5.74, 6) is 0.612. The van der Waals surface area contributed by atoms with Crippen molar-refractivity contribution in [2.45, 2.75) is 32.8 Å². The third-order valence-electron chi connectivity index (χ3n) is 3.56. The highest BCUT2D eigenvalue weighted by molar-refractivity contribution is 6.30. The molecule has 122 valence electrons. The molecule has 0 saturated carbocycles. The zero-order valence-corrected chi connectivity index (χ0v) is 14.3. The van der Waals surface area contributed by atoms with E-state index in [4.69, 9.17) is 16.3 Å². The highest BCUT2D eigenvalue weighted by Crippen LogP contribution is 2.13. The molecule has 2 aromatic carbocycles. The van der Waals surface area contributed by atoms with Gasteiger partial charge in [0.1, 0.15) is 5.75 Å². The van der Waals surface area contributed by atoms with E-state index < -0.39 is 6.10 Å². The smallest absolute Gasteiger partial charge is 0.260 e. The topological polar surface area (TPSA) is 38.3 Å². The van der Waals surface area contributed by atoms with Crippen LogP contribution in [0.2, 0.25) is 5.02 Å². The number of hydrogen-bond donors (Lipinski definition) is 1. The first-order chi connectivity index (χ1) is 11.0. The number of amides is 1. The van der Waals surface area contributed by atoms with Crippen LogP contribution < -0.4 is 10.1 Å². The number of benzene rings is 2. The number of ether oxygens (including phenoxy) is 1. The molecular formula is C19H22ClNO2. The summed E-state index contributed by atoms with van der Waals surface area (Å²) in [6, 6.07) is 15.5. The molecule has 0 aliphatic heterocycles. The molecule has 0 aliphatic carbocycles. The van der Waals surface area contributed by atoms with E-state index in [1.165, 1.54) is 5.56 Å². The molecule has 0 bridgehead atoms. The molecule has 2 rings (SSSR count). The van der Waals surface area contributed by atoms with Gasteiger partial charge in [-0.05, 0) is 56.5 Å². The van der Waals surface area contributed by atoms with E-state index in [-0.39, 0.29) is 5.91 Å². The van der Waals surface area contributed by atoms with Crippen LogP contribution in [0, 0.1) is 6.92 Å². The molecule has 0 fully saturated rings. The Labute approximate surface area is 142 Å². The number of carbonyl (C=O) groups is 1. The highest BCUT2D eigenvalue weighted by atomic mass is 35.5. The van der Waals surface area contributed by atoms with Crippen LogP contribution in [0.25, 0.3) is 0 Å². The molecule has 3 nitrogen and oxygen atoms in total. The van der Waals surface area contributed by atoms with E-state index in [1.54, 1.807) is 6.92 Å². The number of rotatable bonds is 7. The SMILES string of the molecule is Cc1ccc(O[C@@H](C)C(=O)NCCCc2ccc(Cl)cc2)cc1. The van der Waals surface area contributed by atoms with E-state index in [2.05, 4.69) is 5.32 Å². The van der Waals surface area contributed by atoms with Crippen molar-refractivity contribution < 1.29 is 9.53 Å². The van der Waals surface area contributed by atoms with Crippen molar-refractivity contribution in [2.75, 3.05) is 6.54 Å². The van der Waals surface area contributed by atoms with E-state index in [9.17, 15) is 4.79 Å². The van der Waals surface area contributed by atoms with Crippen molar-refractivity contribution in [1.82, 2.24) is 5.32 Å². The lowest BCUT2D eigenvalue weighted by Crippen LogP contribution is -2.36. The molecule has 0 aromatic heterocycles. The monoisotopic (exact) mass is 331 g/mol. The van der Waals surface area contributed by atoms with Gasteiger partial charge >= 0.3 is 0 Å². The lowest BCUT2D eigenvalue weighted by atomic mass is 10.1. The maximum atomic E-state index is 12.0. The Hall–Kier alpha value is -2.00. The Morgan fingerprint density at radius 1 is 1.13 bits per heavy atom. The van der Waals surface area contributed by atoms with Crippen LogP contribution in [0.3, 0.4) is 0 Å².